The first kappa shape index (κ1) is 18.0. The van der Waals surface area contributed by atoms with Crippen molar-refractivity contribution in [2.75, 3.05) is 18.4 Å². The van der Waals surface area contributed by atoms with Crippen LogP contribution in [-0.4, -0.2) is 34.0 Å². The monoisotopic (exact) mass is 336 g/mol. The first-order valence-electron chi connectivity index (χ1n) is 7.97. The van der Waals surface area contributed by atoms with E-state index >= 15 is 0 Å². The van der Waals surface area contributed by atoms with Crippen LogP contribution in [0.5, 0.6) is 5.75 Å². The van der Waals surface area contributed by atoms with Gasteiger partial charge in [-0.25, -0.2) is 0 Å². The molecule has 128 valence electrons. The molecular formula is C19H20N4O2. The van der Waals surface area contributed by atoms with Gasteiger partial charge in [-0.15, -0.1) is 0 Å². The van der Waals surface area contributed by atoms with E-state index in [0.717, 1.165) is 12.0 Å². The zero-order valence-corrected chi connectivity index (χ0v) is 14.0. The van der Waals surface area contributed by atoms with Crippen molar-refractivity contribution in [2.45, 2.75) is 13.3 Å². The van der Waals surface area contributed by atoms with Crippen molar-refractivity contribution in [3.63, 3.8) is 0 Å². The molecule has 0 aliphatic heterocycles. The van der Waals surface area contributed by atoms with Gasteiger partial charge in [0.1, 0.15) is 17.4 Å². The summed E-state index contributed by atoms with van der Waals surface area (Å²) < 4.78 is 0. The van der Waals surface area contributed by atoms with Crippen molar-refractivity contribution in [3.8, 4) is 11.8 Å². The van der Waals surface area contributed by atoms with Gasteiger partial charge in [0.05, 0.1) is 0 Å². The third-order valence-corrected chi connectivity index (χ3v) is 3.65. The molecule has 1 amide bonds. The van der Waals surface area contributed by atoms with Crippen LogP contribution < -0.4 is 5.32 Å². The highest BCUT2D eigenvalue weighted by molar-refractivity contribution is 6.06. The number of aromatic hydroxyl groups is 1. The Kier molecular flexibility index (Phi) is 6.55. The molecule has 2 rings (SSSR count). The van der Waals surface area contributed by atoms with Gasteiger partial charge in [0, 0.05) is 37.4 Å². The Morgan fingerprint density at radius 2 is 1.96 bits per heavy atom. The smallest absolute Gasteiger partial charge is 0.267 e. The van der Waals surface area contributed by atoms with Crippen molar-refractivity contribution in [1.82, 2.24) is 9.88 Å². The average molecular weight is 336 g/mol. The third kappa shape index (κ3) is 5.66. The molecule has 25 heavy (non-hydrogen) atoms. The number of amides is 1. The van der Waals surface area contributed by atoms with Crippen molar-refractivity contribution >= 4 is 11.6 Å². The Balaban J connectivity index is 2.01. The highest BCUT2D eigenvalue weighted by Crippen LogP contribution is 2.14. The molecule has 2 aromatic rings. The number of hydrogen-bond acceptors (Lipinski definition) is 5. The molecule has 0 saturated heterocycles. The second kappa shape index (κ2) is 9.08. The van der Waals surface area contributed by atoms with Gasteiger partial charge in [-0.3, -0.25) is 9.78 Å². The number of carbonyl (C=O) groups excluding carboxylic acids is 1. The number of phenols is 1. The maximum atomic E-state index is 12.3. The Hall–Kier alpha value is -3.33. The van der Waals surface area contributed by atoms with Crippen LogP contribution in [0.4, 0.5) is 5.69 Å². The number of hydrogen-bond donors (Lipinski definition) is 2. The van der Waals surface area contributed by atoms with Gasteiger partial charge in [-0.1, -0.05) is 0 Å². The Bertz CT molecular complexity index is 764. The van der Waals surface area contributed by atoms with Crippen LogP contribution in [0.3, 0.4) is 0 Å². The second-order valence-corrected chi connectivity index (χ2v) is 5.39. The van der Waals surface area contributed by atoms with E-state index in [-0.39, 0.29) is 11.3 Å². The number of nitrogens with zero attached hydrogens (tertiary/aromatic N) is 3. The molecule has 0 aliphatic rings. The van der Waals surface area contributed by atoms with Crippen LogP contribution in [0, 0.1) is 11.3 Å². The molecule has 1 heterocycles. The number of anilines is 1. The van der Waals surface area contributed by atoms with Crippen LogP contribution in [0.25, 0.3) is 0 Å². The molecule has 0 atom stereocenters. The minimum absolute atomic E-state index is 0.0321. The van der Waals surface area contributed by atoms with Crippen molar-refractivity contribution in [3.05, 3.63) is 66.1 Å². The summed E-state index contributed by atoms with van der Waals surface area (Å²) in [5.74, 6) is -0.363. The van der Waals surface area contributed by atoms with Crippen molar-refractivity contribution in [2.24, 2.45) is 0 Å². The number of nitriles is 1. The van der Waals surface area contributed by atoms with Crippen LogP contribution in [0.15, 0.2) is 60.6 Å². The summed E-state index contributed by atoms with van der Waals surface area (Å²) >= 11 is 0. The van der Waals surface area contributed by atoms with Gasteiger partial charge in [-0.05, 0) is 55.3 Å². The molecule has 0 radical (unpaired) electrons. The van der Waals surface area contributed by atoms with Gasteiger partial charge < -0.3 is 15.3 Å². The summed E-state index contributed by atoms with van der Waals surface area (Å²) in [4.78, 5) is 18.2. The lowest BCUT2D eigenvalue weighted by molar-refractivity contribution is -0.112. The first-order valence-corrected chi connectivity index (χ1v) is 7.97. The van der Waals surface area contributed by atoms with E-state index < -0.39 is 5.91 Å². The molecule has 6 nitrogen and oxygen atoms in total. The number of likely N-dealkylation sites (N-methyl/N-ethyl adjacent to an activating group) is 1. The number of pyridine rings is 1. The van der Waals surface area contributed by atoms with Crippen LogP contribution in [-0.2, 0) is 11.2 Å². The molecular weight excluding hydrogens is 316 g/mol. The number of aromatic nitrogens is 1. The topological polar surface area (TPSA) is 89.2 Å². The summed E-state index contributed by atoms with van der Waals surface area (Å²) in [6.07, 6.45) is 5.86. The summed E-state index contributed by atoms with van der Waals surface area (Å²) in [5.41, 5.74) is 1.70. The number of nitrogens with one attached hydrogen (secondary N) is 1. The number of benzene rings is 1. The molecule has 6 heteroatoms. The summed E-state index contributed by atoms with van der Waals surface area (Å²) in [6.45, 7) is 3.34. The molecule has 0 fully saturated rings. The van der Waals surface area contributed by atoms with E-state index in [0.29, 0.717) is 18.8 Å². The fraction of sp³-hybridized carbons (Fsp3) is 0.211. The molecule has 0 unspecified atom stereocenters. The van der Waals surface area contributed by atoms with E-state index in [2.05, 4.69) is 10.3 Å². The number of phenolic OH excluding ortho intramolecular Hbond substituents is 1. The van der Waals surface area contributed by atoms with E-state index in [9.17, 15) is 15.2 Å². The predicted octanol–water partition coefficient (Wildman–Crippen LogP) is 2.70. The Morgan fingerprint density at radius 3 is 2.56 bits per heavy atom. The van der Waals surface area contributed by atoms with Crippen LogP contribution >= 0.6 is 0 Å². The fourth-order valence-corrected chi connectivity index (χ4v) is 2.20. The van der Waals surface area contributed by atoms with Crippen LogP contribution in [0.2, 0.25) is 0 Å². The number of carbonyl (C=O) groups is 1. The van der Waals surface area contributed by atoms with Gasteiger partial charge in [0.2, 0.25) is 0 Å². The van der Waals surface area contributed by atoms with Gasteiger partial charge >= 0.3 is 0 Å². The molecule has 0 bridgehead atoms. The molecule has 1 aromatic heterocycles. The Labute approximate surface area is 147 Å². The summed E-state index contributed by atoms with van der Waals surface area (Å²) in [7, 11) is 0. The summed E-state index contributed by atoms with van der Waals surface area (Å²) in [5, 5.41) is 21.2. The lowest BCUT2D eigenvalue weighted by Gasteiger charge is -2.18. The normalized spacial score (nSPS) is 10.8. The SMILES string of the molecule is CCN(/C=C(/C#N)C(=O)Nc1ccc(O)cc1)CCc1ccncc1. The zero-order chi connectivity index (χ0) is 18.1. The summed E-state index contributed by atoms with van der Waals surface area (Å²) in [6, 6.07) is 11.9. The first-order chi connectivity index (χ1) is 12.1. The van der Waals surface area contributed by atoms with Crippen LogP contribution in [0.1, 0.15) is 12.5 Å². The minimum Gasteiger partial charge on any atom is -0.508 e. The molecule has 1 aromatic carbocycles. The molecule has 0 saturated carbocycles. The second-order valence-electron chi connectivity index (χ2n) is 5.39. The van der Waals surface area contributed by atoms with Gasteiger partial charge in [-0.2, -0.15) is 5.26 Å². The minimum atomic E-state index is -0.476. The molecule has 0 spiro atoms. The largest absolute Gasteiger partial charge is 0.508 e. The van der Waals surface area contributed by atoms with E-state index in [1.807, 2.05) is 30.0 Å². The van der Waals surface area contributed by atoms with Gasteiger partial charge in [0.25, 0.3) is 5.91 Å². The lowest BCUT2D eigenvalue weighted by Crippen LogP contribution is -2.23. The molecule has 2 N–H and O–H groups in total. The maximum Gasteiger partial charge on any atom is 0.267 e. The lowest BCUT2D eigenvalue weighted by atomic mass is 10.2. The van der Waals surface area contributed by atoms with E-state index in [4.69, 9.17) is 0 Å². The zero-order valence-electron chi connectivity index (χ0n) is 14.0. The average Bonchev–Trinajstić information content (AvgIpc) is 2.64. The van der Waals surface area contributed by atoms with Crippen molar-refractivity contribution in [1.29, 1.82) is 5.26 Å². The highest BCUT2D eigenvalue weighted by atomic mass is 16.3. The standard InChI is InChI=1S/C19H20N4O2/c1-2-23(12-9-15-7-10-21-11-8-15)14-16(13-20)19(25)22-17-3-5-18(24)6-4-17/h3-8,10-11,14,24H,2,9,12H2,1H3,(H,22,25)/b16-14-. The molecule has 0 aliphatic carbocycles. The van der Waals surface area contributed by atoms with E-state index in [1.54, 1.807) is 30.7 Å². The third-order valence-electron chi connectivity index (χ3n) is 3.65. The number of rotatable bonds is 7. The van der Waals surface area contributed by atoms with E-state index in [1.165, 1.54) is 12.1 Å². The fourth-order valence-electron chi connectivity index (χ4n) is 2.20. The maximum absolute atomic E-state index is 12.3. The highest BCUT2D eigenvalue weighted by Gasteiger charge is 2.11. The van der Waals surface area contributed by atoms with Crippen molar-refractivity contribution < 1.29 is 9.90 Å². The predicted molar refractivity (Wildman–Crippen MR) is 95.6 cm³/mol. The Morgan fingerprint density at radius 1 is 1.28 bits per heavy atom. The quantitative estimate of drug-likeness (QED) is 0.461. The van der Waals surface area contributed by atoms with Gasteiger partial charge in [0.15, 0.2) is 0 Å².